The molecule has 0 saturated carbocycles. The van der Waals surface area contributed by atoms with Crippen LogP contribution in [0.4, 0.5) is 4.39 Å². The smallest absolute Gasteiger partial charge is 0.229 e. The minimum absolute atomic E-state index is 0. The highest BCUT2D eigenvalue weighted by Gasteiger charge is 2.35. The van der Waals surface area contributed by atoms with Crippen LogP contribution in [-0.4, -0.2) is 33.3 Å². The Balaban J connectivity index is 0.000000170. The SMILES string of the molecule is C.CC(O)c1cc2c(o1)C(=O)c1cc(F)ccc1C2=O.O=C1c2ccccc2C(=O)c2oc(C(O)c3ccccc3)cc21. The summed E-state index contributed by atoms with van der Waals surface area (Å²) in [6.07, 6.45) is -1.95. The fourth-order valence-corrected chi connectivity index (χ4v) is 4.95. The van der Waals surface area contributed by atoms with E-state index < -0.39 is 29.6 Å². The molecule has 2 aromatic heterocycles. The molecule has 0 radical (unpaired) electrons. The first-order valence-electron chi connectivity index (χ1n) is 12.9. The second-order valence-corrected chi connectivity index (χ2v) is 9.82. The summed E-state index contributed by atoms with van der Waals surface area (Å²) < 4.78 is 23.9. The third kappa shape index (κ3) is 4.94. The Kier molecular flexibility index (Phi) is 7.62. The highest BCUT2D eigenvalue weighted by Crippen LogP contribution is 2.34. The van der Waals surface area contributed by atoms with Crippen molar-refractivity contribution in [2.75, 3.05) is 0 Å². The highest BCUT2D eigenvalue weighted by molar-refractivity contribution is 6.28. The molecule has 0 fully saturated rings. The Bertz CT molecular complexity index is 1860. The lowest BCUT2D eigenvalue weighted by Crippen LogP contribution is -2.19. The second kappa shape index (κ2) is 11.2. The first-order chi connectivity index (χ1) is 20.2. The number of ketones is 4. The molecule has 2 atom stereocenters. The van der Waals surface area contributed by atoms with Crippen LogP contribution in [0.2, 0.25) is 0 Å². The second-order valence-electron chi connectivity index (χ2n) is 9.82. The van der Waals surface area contributed by atoms with Crippen LogP contribution in [-0.2, 0) is 0 Å². The lowest BCUT2D eigenvalue weighted by atomic mass is 9.88. The number of fused-ring (bicyclic) bond motifs is 4. The minimum Gasteiger partial charge on any atom is -0.454 e. The molecule has 2 N–H and O–H groups in total. The molecule has 2 aliphatic carbocycles. The van der Waals surface area contributed by atoms with E-state index in [2.05, 4.69) is 0 Å². The molecule has 2 aliphatic rings. The van der Waals surface area contributed by atoms with Crippen molar-refractivity contribution in [3.63, 3.8) is 0 Å². The number of benzene rings is 3. The summed E-state index contributed by atoms with van der Waals surface area (Å²) in [6, 6.07) is 21.8. The van der Waals surface area contributed by atoms with Gasteiger partial charge in [-0.3, -0.25) is 19.2 Å². The van der Waals surface area contributed by atoms with Crippen LogP contribution in [0.5, 0.6) is 0 Å². The van der Waals surface area contributed by atoms with Gasteiger partial charge in [-0.15, -0.1) is 0 Å². The monoisotopic (exact) mass is 580 g/mol. The molecule has 43 heavy (non-hydrogen) atoms. The maximum Gasteiger partial charge on any atom is 0.229 e. The first kappa shape index (κ1) is 29.2. The fraction of sp³-hybridized carbons (Fsp3) is 0.118. The van der Waals surface area contributed by atoms with Crippen LogP contribution in [0.1, 0.15) is 108 Å². The van der Waals surface area contributed by atoms with E-state index in [4.69, 9.17) is 8.83 Å². The van der Waals surface area contributed by atoms with Crippen LogP contribution in [0, 0.1) is 5.82 Å². The molecule has 5 aromatic rings. The average molecular weight is 581 g/mol. The molecule has 216 valence electrons. The van der Waals surface area contributed by atoms with Crippen molar-refractivity contribution in [3.8, 4) is 0 Å². The predicted molar refractivity (Wildman–Crippen MR) is 152 cm³/mol. The van der Waals surface area contributed by atoms with Gasteiger partial charge < -0.3 is 19.0 Å². The summed E-state index contributed by atoms with van der Waals surface area (Å²) in [5.41, 5.74) is 1.79. The van der Waals surface area contributed by atoms with Crippen LogP contribution in [0.3, 0.4) is 0 Å². The van der Waals surface area contributed by atoms with Crippen molar-refractivity contribution in [1.29, 1.82) is 0 Å². The molecular formula is C34H25FO8. The molecule has 0 bridgehead atoms. The molecule has 0 saturated heterocycles. The van der Waals surface area contributed by atoms with Crippen LogP contribution in [0.15, 0.2) is 93.8 Å². The van der Waals surface area contributed by atoms with Crippen LogP contribution < -0.4 is 0 Å². The number of aliphatic hydroxyl groups excluding tert-OH is 2. The van der Waals surface area contributed by atoms with Gasteiger partial charge in [0.05, 0.1) is 11.1 Å². The fourth-order valence-electron chi connectivity index (χ4n) is 4.95. The molecule has 9 heteroatoms. The minimum atomic E-state index is -1.02. The predicted octanol–water partition coefficient (Wildman–Crippen LogP) is 6.02. The third-order valence-electron chi connectivity index (χ3n) is 7.09. The van der Waals surface area contributed by atoms with E-state index in [1.807, 2.05) is 6.07 Å². The molecule has 0 spiro atoms. The number of carbonyl (C=O) groups excluding carboxylic acids is 4. The van der Waals surface area contributed by atoms with E-state index in [0.29, 0.717) is 16.7 Å². The van der Waals surface area contributed by atoms with E-state index in [0.717, 1.165) is 12.1 Å². The molecule has 8 nitrogen and oxygen atoms in total. The van der Waals surface area contributed by atoms with Gasteiger partial charge in [0.25, 0.3) is 0 Å². The standard InChI is InChI=1S/C19H12O4.C14H9FO4.CH4/c20-16(11-6-2-1-3-7-11)15-10-14-17(21)12-8-4-5-9-13(12)18(22)19(14)23-15;1-6(16)11-5-10-12(17)8-3-2-7(15)4-9(8)13(18)14(10)19-11;/h1-10,16,20H;2-6,16H,1H3;1H4. The number of carbonyl (C=O) groups is 4. The van der Waals surface area contributed by atoms with E-state index in [1.54, 1.807) is 48.5 Å². The molecule has 2 heterocycles. The molecule has 7 rings (SSSR count). The molecule has 3 aromatic carbocycles. The summed E-state index contributed by atoms with van der Waals surface area (Å²) >= 11 is 0. The van der Waals surface area contributed by atoms with E-state index in [1.165, 1.54) is 25.1 Å². The summed E-state index contributed by atoms with van der Waals surface area (Å²) in [7, 11) is 0. The molecule has 0 aliphatic heterocycles. The van der Waals surface area contributed by atoms with Gasteiger partial charge in [0.2, 0.25) is 11.6 Å². The number of halogens is 1. The Morgan fingerprint density at radius 3 is 1.67 bits per heavy atom. The summed E-state index contributed by atoms with van der Waals surface area (Å²) in [5.74, 6) is -1.94. The number of hydrogen-bond acceptors (Lipinski definition) is 8. The van der Waals surface area contributed by atoms with Crippen molar-refractivity contribution in [2.24, 2.45) is 0 Å². The lowest BCUT2D eigenvalue weighted by Gasteiger charge is -2.12. The quantitative estimate of drug-likeness (QED) is 0.259. The van der Waals surface area contributed by atoms with Crippen molar-refractivity contribution in [3.05, 3.63) is 153 Å². The van der Waals surface area contributed by atoms with Crippen molar-refractivity contribution < 1.29 is 42.6 Å². The lowest BCUT2D eigenvalue weighted by molar-refractivity contribution is 0.0953. The normalized spacial score (nSPS) is 14.3. The Morgan fingerprint density at radius 2 is 1.07 bits per heavy atom. The third-order valence-corrected chi connectivity index (χ3v) is 7.09. The van der Waals surface area contributed by atoms with Crippen molar-refractivity contribution in [2.45, 2.75) is 26.6 Å². The van der Waals surface area contributed by atoms with Gasteiger partial charge >= 0.3 is 0 Å². The van der Waals surface area contributed by atoms with Crippen LogP contribution in [0.25, 0.3) is 0 Å². The Labute approximate surface area is 245 Å². The summed E-state index contributed by atoms with van der Waals surface area (Å²) in [4.78, 5) is 49.4. The maximum absolute atomic E-state index is 13.2. The Hall–Kier alpha value is -5.25. The van der Waals surface area contributed by atoms with E-state index >= 15 is 0 Å². The largest absolute Gasteiger partial charge is 0.454 e. The Morgan fingerprint density at radius 1 is 0.581 bits per heavy atom. The summed E-state index contributed by atoms with van der Waals surface area (Å²) in [5, 5.41) is 19.8. The van der Waals surface area contributed by atoms with Gasteiger partial charge in [0.1, 0.15) is 29.5 Å². The van der Waals surface area contributed by atoms with Gasteiger partial charge in [-0.1, -0.05) is 62.0 Å². The zero-order chi connectivity index (χ0) is 29.7. The maximum atomic E-state index is 13.2. The van der Waals surface area contributed by atoms with Crippen molar-refractivity contribution >= 4 is 23.1 Å². The topological polar surface area (TPSA) is 135 Å². The van der Waals surface area contributed by atoms with Gasteiger partial charge in [-0.25, -0.2) is 4.39 Å². The van der Waals surface area contributed by atoms with Gasteiger partial charge in [-0.2, -0.15) is 0 Å². The zero-order valence-corrected chi connectivity index (χ0v) is 22.0. The van der Waals surface area contributed by atoms with Crippen molar-refractivity contribution in [1.82, 2.24) is 0 Å². The molecule has 0 amide bonds. The van der Waals surface area contributed by atoms with Gasteiger partial charge in [-0.05, 0) is 42.8 Å². The number of aliphatic hydroxyl groups is 2. The van der Waals surface area contributed by atoms with Gasteiger partial charge in [0.15, 0.2) is 23.1 Å². The first-order valence-corrected chi connectivity index (χ1v) is 12.9. The summed E-state index contributed by atoms with van der Waals surface area (Å²) in [6.45, 7) is 1.46. The number of furan rings is 2. The number of hydrogen-bond donors (Lipinski definition) is 2. The van der Waals surface area contributed by atoms with E-state index in [9.17, 15) is 33.8 Å². The average Bonchev–Trinajstić information content (AvgIpc) is 3.66. The highest BCUT2D eigenvalue weighted by atomic mass is 19.1. The number of rotatable bonds is 3. The molecule has 2 unspecified atom stereocenters. The van der Waals surface area contributed by atoms with E-state index in [-0.39, 0.29) is 64.3 Å². The van der Waals surface area contributed by atoms with Crippen LogP contribution >= 0.6 is 0 Å². The zero-order valence-electron chi connectivity index (χ0n) is 22.0. The van der Waals surface area contributed by atoms with Gasteiger partial charge in [0, 0.05) is 22.3 Å². The molecular weight excluding hydrogens is 555 g/mol.